The van der Waals surface area contributed by atoms with Gasteiger partial charge < -0.3 is 14.6 Å². The SMILES string of the molecule is C=Nc1ccc(F)cc1/C(=C\C)C1CCN(C(=O)C(=O)NCc2ccc(Cl)o2)CC1. The average Bonchev–Trinajstić information content (AvgIpc) is 3.18. The summed E-state index contributed by atoms with van der Waals surface area (Å²) >= 11 is 5.69. The normalized spacial score (nSPS) is 15.2. The first kappa shape index (κ1) is 21.8. The number of allylic oxidation sites excluding steroid dienone is 2. The lowest BCUT2D eigenvalue weighted by Gasteiger charge is -2.33. The lowest BCUT2D eigenvalue weighted by Crippen LogP contribution is -2.46. The van der Waals surface area contributed by atoms with Gasteiger partial charge in [0, 0.05) is 18.7 Å². The van der Waals surface area contributed by atoms with Crippen LogP contribution in [-0.2, 0) is 16.1 Å². The van der Waals surface area contributed by atoms with E-state index in [9.17, 15) is 14.0 Å². The lowest BCUT2D eigenvalue weighted by atomic mass is 9.84. The number of carbonyl (C=O) groups is 2. The van der Waals surface area contributed by atoms with E-state index in [-0.39, 0.29) is 23.5 Å². The van der Waals surface area contributed by atoms with Crippen LogP contribution < -0.4 is 5.32 Å². The molecule has 1 aromatic carbocycles. The van der Waals surface area contributed by atoms with Crippen molar-refractivity contribution in [1.82, 2.24) is 10.2 Å². The van der Waals surface area contributed by atoms with Gasteiger partial charge in [0.15, 0.2) is 5.22 Å². The molecule has 0 saturated carbocycles. The third kappa shape index (κ3) is 4.97. The first-order valence-corrected chi connectivity index (χ1v) is 10.0. The third-order valence-electron chi connectivity index (χ3n) is 5.22. The van der Waals surface area contributed by atoms with Crippen LogP contribution in [0.25, 0.3) is 5.57 Å². The monoisotopic (exact) mass is 431 g/mol. The summed E-state index contributed by atoms with van der Waals surface area (Å²) in [5.41, 5.74) is 2.32. The molecule has 0 unspecified atom stereocenters. The van der Waals surface area contributed by atoms with Crippen molar-refractivity contribution in [1.29, 1.82) is 0 Å². The largest absolute Gasteiger partial charge is 0.448 e. The number of hydrogen-bond acceptors (Lipinski definition) is 4. The Morgan fingerprint density at radius 3 is 2.67 bits per heavy atom. The summed E-state index contributed by atoms with van der Waals surface area (Å²) in [6.45, 7) is 6.43. The van der Waals surface area contributed by atoms with Crippen LogP contribution >= 0.6 is 11.6 Å². The molecular weight excluding hydrogens is 409 g/mol. The minimum Gasteiger partial charge on any atom is -0.448 e. The van der Waals surface area contributed by atoms with Crippen molar-refractivity contribution in [3.63, 3.8) is 0 Å². The van der Waals surface area contributed by atoms with E-state index in [1.54, 1.807) is 18.2 Å². The molecule has 1 fully saturated rings. The van der Waals surface area contributed by atoms with Gasteiger partial charge in [0.2, 0.25) is 0 Å². The highest BCUT2D eigenvalue weighted by Crippen LogP contribution is 2.36. The fraction of sp³-hybridized carbons (Fsp3) is 0.318. The predicted octanol–water partition coefficient (Wildman–Crippen LogP) is 4.36. The number of rotatable bonds is 5. The standard InChI is InChI=1S/C22H23ClFN3O3/c1-3-17(18-12-15(24)4-6-19(18)25-2)14-8-10-27(11-9-14)22(29)21(28)26-13-16-5-7-20(23)30-16/h3-7,12,14H,2,8-11,13H2,1H3,(H,26,28)/b17-3-. The maximum Gasteiger partial charge on any atom is 0.311 e. The Kier molecular flexibility index (Phi) is 7.05. The molecule has 30 heavy (non-hydrogen) atoms. The number of furan rings is 1. The number of nitrogens with zero attached hydrogens (tertiary/aromatic N) is 2. The Balaban J connectivity index is 1.59. The number of halogens is 2. The van der Waals surface area contributed by atoms with Crippen LogP contribution in [0.4, 0.5) is 10.1 Å². The molecule has 2 amide bonds. The summed E-state index contributed by atoms with van der Waals surface area (Å²) in [6, 6.07) is 7.63. The number of nitrogens with one attached hydrogen (secondary N) is 1. The Morgan fingerprint density at radius 2 is 2.07 bits per heavy atom. The van der Waals surface area contributed by atoms with E-state index in [0.717, 1.165) is 5.57 Å². The van der Waals surface area contributed by atoms with Gasteiger partial charge in [-0.3, -0.25) is 14.6 Å². The molecule has 158 valence electrons. The molecule has 0 bridgehead atoms. The van der Waals surface area contributed by atoms with Gasteiger partial charge in [-0.1, -0.05) is 6.08 Å². The second-order valence-electron chi connectivity index (χ2n) is 7.02. The van der Waals surface area contributed by atoms with Gasteiger partial charge in [0.1, 0.15) is 11.6 Å². The molecule has 0 radical (unpaired) electrons. The van der Waals surface area contributed by atoms with E-state index in [4.69, 9.17) is 16.0 Å². The van der Waals surface area contributed by atoms with Gasteiger partial charge >= 0.3 is 11.8 Å². The van der Waals surface area contributed by atoms with Crippen molar-refractivity contribution >= 4 is 41.4 Å². The minimum atomic E-state index is -0.685. The number of likely N-dealkylation sites (tertiary alicyclic amines) is 1. The number of aliphatic imine (C=N–C) groups is 1. The van der Waals surface area contributed by atoms with Crippen LogP contribution in [-0.4, -0.2) is 36.5 Å². The molecular formula is C22H23ClFN3O3. The second kappa shape index (κ2) is 9.71. The zero-order chi connectivity index (χ0) is 21.7. The van der Waals surface area contributed by atoms with Crippen LogP contribution in [0.2, 0.25) is 5.22 Å². The third-order valence-corrected chi connectivity index (χ3v) is 5.42. The Labute approximate surface area is 179 Å². The summed E-state index contributed by atoms with van der Waals surface area (Å²) in [7, 11) is 0. The molecule has 0 atom stereocenters. The smallest absolute Gasteiger partial charge is 0.311 e. The fourth-order valence-corrected chi connectivity index (χ4v) is 3.88. The highest BCUT2D eigenvalue weighted by Gasteiger charge is 2.29. The Morgan fingerprint density at radius 1 is 1.33 bits per heavy atom. The molecule has 1 N–H and O–H groups in total. The number of amides is 2. The molecule has 6 nitrogen and oxygen atoms in total. The summed E-state index contributed by atoms with van der Waals surface area (Å²) in [5, 5.41) is 2.77. The zero-order valence-corrected chi connectivity index (χ0v) is 17.4. The first-order chi connectivity index (χ1) is 14.4. The van der Waals surface area contributed by atoms with Crippen molar-refractivity contribution < 1.29 is 18.4 Å². The molecule has 1 aromatic heterocycles. The van der Waals surface area contributed by atoms with E-state index in [2.05, 4.69) is 17.0 Å². The zero-order valence-electron chi connectivity index (χ0n) is 16.7. The maximum atomic E-state index is 13.8. The number of hydrogen-bond donors (Lipinski definition) is 1. The predicted molar refractivity (Wildman–Crippen MR) is 114 cm³/mol. The van der Waals surface area contributed by atoms with Crippen molar-refractivity contribution in [2.24, 2.45) is 10.9 Å². The van der Waals surface area contributed by atoms with Crippen molar-refractivity contribution in [2.75, 3.05) is 13.1 Å². The maximum absolute atomic E-state index is 13.8. The molecule has 0 spiro atoms. The van der Waals surface area contributed by atoms with Gasteiger partial charge in [-0.05, 0) is 79.9 Å². The Bertz CT molecular complexity index is 978. The number of carbonyl (C=O) groups excluding carboxylic acids is 2. The van der Waals surface area contributed by atoms with E-state index < -0.39 is 11.8 Å². The molecule has 8 heteroatoms. The molecule has 0 aliphatic carbocycles. The van der Waals surface area contributed by atoms with Crippen LogP contribution in [0.15, 0.2) is 45.8 Å². The van der Waals surface area contributed by atoms with Crippen molar-refractivity contribution in [3.05, 3.63) is 58.8 Å². The minimum absolute atomic E-state index is 0.0907. The number of benzene rings is 1. The topological polar surface area (TPSA) is 74.9 Å². The summed E-state index contributed by atoms with van der Waals surface area (Å²) in [6.07, 6.45) is 3.28. The van der Waals surface area contributed by atoms with Gasteiger partial charge in [-0.15, -0.1) is 0 Å². The van der Waals surface area contributed by atoms with E-state index in [1.165, 1.54) is 17.0 Å². The Hall–Kier alpha value is -2.93. The van der Waals surface area contributed by atoms with E-state index in [0.29, 0.717) is 42.9 Å². The van der Waals surface area contributed by atoms with Crippen molar-refractivity contribution in [3.8, 4) is 0 Å². The lowest BCUT2D eigenvalue weighted by molar-refractivity contribution is -0.146. The van der Waals surface area contributed by atoms with Gasteiger partial charge in [0.25, 0.3) is 0 Å². The van der Waals surface area contributed by atoms with Gasteiger partial charge in [0.05, 0.1) is 12.2 Å². The quantitative estimate of drug-likeness (QED) is 0.564. The summed E-state index contributed by atoms with van der Waals surface area (Å²) < 4.78 is 19.0. The fourth-order valence-electron chi connectivity index (χ4n) is 3.72. The van der Waals surface area contributed by atoms with Crippen LogP contribution in [0.3, 0.4) is 0 Å². The highest BCUT2D eigenvalue weighted by molar-refractivity contribution is 6.35. The molecule has 1 aliphatic rings. The first-order valence-electron chi connectivity index (χ1n) is 9.67. The van der Waals surface area contributed by atoms with Crippen LogP contribution in [0.1, 0.15) is 31.1 Å². The molecule has 2 aromatic rings. The van der Waals surface area contributed by atoms with E-state index >= 15 is 0 Å². The molecule has 3 rings (SSSR count). The van der Waals surface area contributed by atoms with E-state index in [1.807, 2.05) is 13.0 Å². The second-order valence-corrected chi connectivity index (χ2v) is 7.39. The molecule has 1 aliphatic heterocycles. The summed E-state index contributed by atoms with van der Waals surface area (Å²) in [4.78, 5) is 30.2. The molecule has 2 heterocycles. The van der Waals surface area contributed by atoms with Crippen molar-refractivity contribution in [2.45, 2.75) is 26.3 Å². The van der Waals surface area contributed by atoms with Crippen LogP contribution in [0, 0.1) is 11.7 Å². The molecule has 1 saturated heterocycles. The summed E-state index contributed by atoms with van der Waals surface area (Å²) in [5.74, 6) is -0.990. The van der Waals surface area contributed by atoms with Gasteiger partial charge in [-0.25, -0.2) is 4.39 Å². The average molecular weight is 432 g/mol. The van der Waals surface area contributed by atoms with Crippen LogP contribution in [0.5, 0.6) is 0 Å². The van der Waals surface area contributed by atoms with Gasteiger partial charge in [-0.2, -0.15) is 0 Å². The highest BCUT2D eigenvalue weighted by atomic mass is 35.5. The number of piperidine rings is 1.